The van der Waals surface area contributed by atoms with Gasteiger partial charge in [0, 0.05) is 58.1 Å². The molecule has 3 aromatic rings. The molecule has 0 radical (unpaired) electrons. The second-order valence-corrected chi connectivity index (χ2v) is 16.1. The maximum atomic E-state index is 13.8. The van der Waals surface area contributed by atoms with Crippen LogP contribution in [0, 0.1) is 0 Å². The summed E-state index contributed by atoms with van der Waals surface area (Å²) in [5.41, 5.74) is 9.25. The van der Waals surface area contributed by atoms with Gasteiger partial charge in [0.15, 0.2) is 5.82 Å². The van der Waals surface area contributed by atoms with Crippen LogP contribution in [0.1, 0.15) is 68.7 Å². The molecule has 3 N–H and O–H groups in total. The normalized spacial score (nSPS) is 23.9. The summed E-state index contributed by atoms with van der Waals surface area (Å²) < 4.78 is 20.2. The fourth-order valence-corrected chi connectivity index (χ4v) is 8.46. The predicted octanol–water partition coefficient (Wildman–Crippen LogP) is 4.22. The molecule has 3 aromatic heterocycles. The fourth-order valence-electron chi connectivity index (χ4n) is 7.41. The Morgan fingerprint density at radius 3 is 2.62 bits per heavy atom. The SMILES string of the molecule is CC(=O)N1CC=C(c2cc(N3CCC[C@@H](NC(=O)c4sc(Cl)cc4OC4CC5COCC(C4)N5C(=O)OC(C)(C)C)C3)c3c(N)ncnn23)C1. The van der Waals surface area contributed by atoms with Crippen LogP contribution in [0.5, 0.6) is 5.75 Å². The van der Waals surface area contributed by atoms with Crippen molar-refractivity contribution in [2.24, 2.45) is 0 Å². The molecular formula is C34H43ClN8O6S. The lowest BCUT2D eigenvalue weighted by molar-refractivity contribution is -0.127. The van der Waals surface area contributed by atoms with Gasteiger partial charge in [-0.1, -0.05) is 17.7 Å². The first kappa shape index (κ1) is 34.4. The lowest BCUT2D eigenvalue weighted by Gasteiger charge is -2.47. The highest BCUT2D eigenvalue weighted by Crippen LogP contribution is 2.38. The van der Waals surface area contributed by atoms with E-state index in [2.05, 4.69) is 26.4 Å². The number of nitrogens with one attached hydrogen (secondary N) is 1. The van der Waals surface area contributed by atoms with Gasteiger partial charge in [-0.05, 0) is 45.3 Å². The van der Waals surface area contributed by atoms with Crippen molar-refractivity contribution in [3.8, 4) is 5.75 Å². The Morgan fingerprint density at radius 1 is 1.16 bits per heavy atom. The summed E-state index contributed by atoms with van der Waals surface area (Å²) in [4.78, 5) is 49.3. The first-order valence-corrected chi connectivity index (χ1v) is 18.2. The van der Waals surface area contributed by atoms with Crippen molar-refractivity contribution < 1.29 is 28.6 Å². The summed E-state index contributed by atoms with van der Waals surface area (Å²) >= 11 is 7.64. The van der Waals surface area contributed by atoms with E-state index in [1.807, 2.05) is 26.8 Å². The number of aromatic nitrogens is 3. The number of rotatable bonds is 6. The molecule has 0 saturated carbocycles. The molecule has 7 heterocycles. The van der Waals surface area contributed by atoms with Crippen LogP contribution < -0.4 is 20.7 Å². The van der Waals surface area contributed by atoms with E-state index in [9.17, 15) is 14.4 Å². The number of hydrogen-bond donors (Lipinski definition) is 2. The number of fused-ring (bicyclic) bond motifs is 3. The van der Waals surface area contributed by atoms with Crippen molar-refractivity contribution in [1.82, 2.24) is 29.7 Å². The Hall–Kier alpha value is -4.08. The van der Waals surface area contributed by atoms with Crippen LogP contribution in [0.25, 0.3) is 11.1 Å². The molecule has 3 atom stereocenters. The lowest BCUT2D eigenvalue weighted by atomic mass is 9.92. The molecule has 0 aromatic carbocycles. The number of ether oxygens (including phenoxy) is 3. The molecule has 2 unspecified atom stereocenters. The van der Waals surface area contributed by atoms with Gasteiger partial charge in [0.25, 0.3) is 5.91 Å². The van der Waals surface area contributed by atoms with Crippen LogP contribution >= 0.6 is 22.9 Å². The highest BCUT2D eigenvalue weighted by atomic mass is 35.5. The van der Waals surface area contributed by atoms with Crippen molar-refractivity contribution in [1.29, 1.82) is 0 Å². The quantitative estimate of drug-likeness (QED) is 0.377. The monoisotopic (exact) mass is 726 g/mol. The first-order valence-electron chi connectivity index (χ1n) is 17.0. The molecule has 7 rings (SSSR count). The van der Waals surface area contributed by atoms with Gasteiger partial charge in [-0.2, -0.15) is 5.10 Å². The van der Waals surface area contributed by atoms with Crippen LogP contribution in [0.3, 0.4) is 0 Å². The number of hydrogen-bond acceptors (Lipinski definition) is 11. The van der Waals surface area contributed by atoms with E-state index in [-0.39, 0.29) is 42.1 Å². The van der Waals surface area contributed by atoms with E-state index in [0.29, 0.717) is 72.0 Å². The third kappa shape index (κ3) is 6.95. The van der Waals surface area contributed by atoms with E-state index in [1.54, 1.807) is 27.3 Å². The molecule has 3 fully saturated rings. The van der Waals surface area contributed by atoms with Gasteiger partial charge < -0.3 is 35.1 Å². The number of nitrogens with zero attached hydrogens (tertiary/aromatic N) is 6. The zero-order chi connectivity index (χ0) is 35.3. The van der Waals surface area contributed by atoms with Crippen molar-refractivity contribution in [2.75, 3.05) is 50.0 Å². The number of piperidine rings is 2. The zero-order valence-corrected chi connectivity index (χ0v) is 30.3. The zero-order valence-electron chi connectivity index (χ0n) is 28.7. The second kappa shape index (κ2) is 13.6. The fraction of sp³-hybridized carbons (Fsp3) is 0.559. The van der Waals surface area contributed by atoms with Crippen molar-refractivity contribution in [3.63, 3.8) is 0 Å². The standard InChI is InChI=1S/C34H43ClN8O6S/c1-19(44)40-9-7-20(14-40)25-12-26(29-31(36)37-18-38-43(25)29)41-8-5-6-21(15-41)39-32(45)30-27(13-28(35)50-30)48-24-10-22-16-47-17-23(11-24)42(22)33(46)49-34(2,3)4/h7,12-13,18,21-24H,5-6,8-11,14-17H2,1-4H3,(H,39,45)(H2,36,37,38)/t21-,22?,23?,24?/m1/s1. The van der Waals surface area contributed by atoms with Gasteiger partial charge in [0.1, 0.15) is 34.2 Å². The largest absolute Gasteiger partial charge is 0.488 e. The number of anilines is 2. The molecule has 14 nitrogen and oxygen atoms in total. The molecule has 50 heavy (non-hydrogen) atoms. The van der Waals surface area contributed by atoms with E-state index in [4.69, 9.17) is 31.5 Å². The minimum absolute atomic E-state index is 0.0161. The topological polar surface area (TPSA) is 157 Å². The number of nitrogen functional groups attached to an aromatic ring is 1. The highest BCUT2D eigenvalue weighted by Gasteiger charge is 2.44. The number of carbonyl (C=O) groups is 3. The smallest absolute Gasteiger partial charge is 0.410 e. The molecule has 3 saturated heterocycles. The minimum Gasteiger partial charge on any atom is -0.488 e. The first-order chi connectivity index (χ1) is 23.8. The van der Waals surface area contributed by atoms with Gasteiger partial charge in [0.05, 0.1) is 41.0 Å². The van der Waals surface area contributed by atoms with E-state index in [0.717, 1.165) is 36.3 Å². The lowest BCUT2D eigenvalue weighted by Crippen LogP contribution is -2.61. The molecule has 16 heteroatoms. The maximum Gasteiger partial charge on any atom is 0.410 e. The summed E-state index contributed by atoms with van der Waals surface area (Å²) in [6, 6.07) is 3.22. The molecule has 268 valence electrons. The second-order valence-electron chi connectivity index (χ2n) is 14.4. The number of amides is 3. The van der Waals surface area contributed by atoms with Crippen LogP contribution in [0.2, 0.25) is 4.34 Å². The van der Waals surface area contributed by atoms with Gasteiger partial charge in [-0.3, -0.25) is 14.5 Å². The van der Waals surface area contributed by atoms with Gasteiger partial charge in [0.2, 0.25) is 5.91 Å². The number of morpholine rings is 1. The van der Waals surface area contributed by atoms with Crippen LogP contribution in [-0.4, -0.2) is 112 Å². The van der Waals surface area contributed by atoms with E-state index >= 15 is 0 Å². The number of halogens is 1. The predicted molar refractivity (Wildman–Crippen MR) is 190 cm³/mol. The molecule has 3 amide bonds. The molecule has 4 aliphatic rings. The molecule has 4 aliphatic heterocycles. The molecular weight excluding hydrogens is 684 g/mol. The number of nitrogens with two attached hydrogens (primary N) is 1. The Balaban J connectivity index is 1.04. The van der Waals surface area contributed by atoms with Crippen LogP contribution in [0.15, 0.2) is 24.5 Å². The summed E-state index contributed by atoms with van der Waals surface area (Å²) in [5.74, 6) is 0.570. The summed E-state index contributed by atoms with van der Waals surface area (Å²) in [6.45, 7) is 10.3. The maximum absolute atomic E-state index is 13.8. The highest BCUT2D eigenvalue weighted by molar-refractivity contribution is 7.18. The average Bonchev–Trinajstić information content (AvgIpc) is 3.77. The Labute approximate surface area is 299 Å². The summed E-state index contributed by atoms with van der Waals surface area (Å²) in [6.07, 6.45) is 5.65. The molecule has 2 bridgehead atoms. The summed E-state index contributed by atoms with van der Waals surface area (Å²) in [7, 11) is 0. The van der Waals surface area contributed by atoms with Crippen molar-refractivity contribution in [3.05, 3.63) is 39.4 Å². The number of thiophene rings is 1. The van der Waals surface area contributed by atoms with Crippen molar-refractivity contribution >= 4 is 63.4 Å². The van der Waals surface area contributed by atoms with Gasteiger partial charge in [-0.15, -0.1) is 11.3 Å². The van der Waals surface area contributed by atoms with Gasteiger partial charge in [-0.25, -0.2) is 14.3 Å². The number of carbonyl (C=O) groups excluding carboxylic acids is 3. The van der Waals surface area contributed by atoms with E-state index in [1.165, 1.54) is 17.7 Å². The third-order valence-corrected chi connectivity index (χ3v) is 10.8. The molecule has 0 spiro atoms. The minimum atomic E-state index is -0.599. The van der Waals surface area contributed by atoms with Crippen molar-refractivity contribution in [2.45, 2.75) is 83.2 Å². The Bertz CT molecular complexity index is 1820. The average molecular weight is 727 g/mol. The third-order valence-electron chi connectivity index (χ3n) is 9.60. The Morgan fingerprint density at radius 2 is 1.92 bits per heavy atom. The van der Waals surface area contributed by atoms with Crippen LogP contribution in [-0.2, 0) is 14.3 Å². The van der Waals surface area contributed by atoms with E-state index < -0.39 is 5.60 Å². The van der Waals surface area contributed by atoms with Gasteiger partial charge >= 0.3 is 6.09 Å². The summed E-state index contributed by atoms with van der Waals surface area (Å²) in [5, 5.41) is 7.74. The van der Waals surface area contributed by atoms with Crippen LogP contribution in [0.4, 0.5) is 16.3 Å². The molecule has 0 aliphatic carbocycles. The Kier molecular flexibility index (Phi) is 9.33.